The number of nitrogens with zero attached hydrogens (tertiary/aromatic N) is 2. The molecule has 1 aliphatic heterocycles. The number of carboxylic acid groups (broad SMARTS) is 1. The first-order valence-corrected chi connectivity index (χ1v) is 13.2. The second kappa shape index (κ2) is 12.0. The third-order valence-corrected chi connectivity index (χ3v) is 7.08. The van der Waals surface area contributed by atoms with Crippen LogP contribution in [0.15, 0.2) is 48.5 Å². The van der Waals surface area contributed by atoms with E-state index in [9.17, 15) is 14.7 Å². The maximum atomic E-state index is 14.0. The summed E-state index contributed by atoms with van der Waals surface area (Å²) < 4.78 is 11.7. The molecule has 1 atom stereocenters. The summed E-state index contributed by atoms with van der Waals surface area (Å²) in [6, 6.07) is 14.7. The Balaban J connectivity index is 1.88. The maximum Gasteiger partial charge on any atom is 0.408 e. The molecule has 1 fully saturated rings. The zero-order valence-corrected chi connectivity index (χ0v) is 23.1. The zero-order valence-electron chi connectivity index (χ0n) is 23.1. The predicted molar refractivity (Wildman–Crippen MR) is 145 cm³/mol. The van der Waals surface area contributed by atoms with Crippen molar-refractivity contribution >= 4 is 12.0 Å². The molecule has 0 aromatic heterocycles. The molecule has 2 aromatic carbocycles. The number of aryl methyl sites for hydroxylation is 1. The summed E-state index contributed by atoms with van der Waals surface area (Å²) in [5, 5.41) is 10.2. The molecule has 7 heteroatoms. The lowest BCUT2D eigenvalue weighted by atomic mass is 9.82. The van der Waals surface area contributed by atoms with E-state index >= 15 is 0 Å². The van der Waals surface area contributed by atoms with Crippen molar-refractivity contribution in [3.05, 3.63) is 65.2 Å². The molecule has 7 nitrogen and oxygen atoms in total. The molecule has 0 saturated carbocycles. The van der Waals surface area contributed by atoms with E-state index in [2.05, 4.69) is 26.0 Å². The summed E-state index contributed by atoms with van der Waals surface area (Å²) in [6.45, 7) is 11.1. The summed E-state index contributed by atoms with van der Waals surface area (Å²) in [6.07, 6.45) is 2.33. The van der Waals surface area contributed by atoms with Crippen LogP contribution < -0.4 is 4.74 Å². The Kier molecular flexibility index (Phi) is 9.24. The highest BCUT2D eigenvalue weighted by Crippen LogP contribution is 2.39. The van der Waals surface area contributed by atoms with Gasteiger partial charge >= 0.3 is 6.09 Å². The minimum Gasteiger partial charge on any atom is -0.497 e. The first-order valence-electron chi connectivity index (χ1n) is 13.2. The van der Waals surface area contributed by atoms with E-state index in [1.165, 1.54) is 4.90 Å². The molecular formula is C30H42N2O5. The monoisotopic (exact) mass is 510 g/mol. The van der Waals surface area contributed by atoms with E-state index in [1.807, 2.05) is 57.2 Å². The lowest BCUT2D eigenvalue weighted by molar-refractivity contribution is -0.178. The van der Waals surface area contributed by atoms with Crippen LogP contribution in [0.5, 0.6) is 5.75 Å². The second-order valence-electron chi connectivity index (χ2n) is 11.0. The Labute approximate surface area is 221 Å². The summed E-state index contributed by atoms with van der Waals surface area (Å²) in [4.78, 5) is 29.4. The van der Waals surface area contributed by atoms with Crippen molar-refractivity contribution < 1.29 is 24.2 Å². The quantitative estimate of drug-likeness (QED) is 0.396. The van der Waals surface area contributed by atoms with Gasteiger partial charge in [-0.3, -0.25) is 9.69 Å². The molecule has 0 spiro atoms. The molecule has 0 radical (unpaired) electrons. The predicted octanol–water partition coefficient (Wildman–Crippen LogP) is 5.64. The van der Waals surface area contributed by atoms with Gasteiger partial charge in [0, 0.05) is 18.6 Å². The van der Waals surface area contributed by atoms with Crippen LogP contribution in [-0.2, 0) is 21.6 Å². The van der Waals surface area contributed by atoms with Crippen molar-refractivity contribution in [1.29, 1.82) is 0 Å². The van der Waals surface area contributed by atoms with Crippen LogP contribution in [0, 0.1) is 6.92 Å². The van der Waals surface area contributed by atoms with E-state index in [0.29, 0.717) is 25.4 Å². The normalized spacial score (nSPS) is 15.6. The Morgan fingerprint density at radius 1 is 1.08 bits per heavy atom. The van der Waals surface area contributed by atoms with E-state index in [-0.39, 0.29) is 12.3 Å². The fraction of sp³-hybridized carbons (Fsp3) is 0.533. The highest BCUT2D eigenvalue weighted by atomic mass is 16.5. The summed E-state index contributed by atoms with van der Waals surface area (Å²) in [5.74, 6) is 0.512. The lowest BCUT2D eigenvalue weighted by Gasteiger charge is -2.52. The number of hydrogen-bond acceptors (Lipinski definition) is 4. The second-order valence-corrected chi connectivity index (χ2v) is 11.0. The van der Waals surface area contributed by atoms with Crippen LogP contribution in [0.4, 0.5) is 4.79 Å². The minimum absolute atomic E-state index is 0.200. The molecule has 2 amide bonds. The first kappa shape index (κ1) is 28.5. The highest BCUT2D eigenvalue weighted by Gasteiger charge is 2.51. The fourth-order valence-electron chi connectivity index (χ4n) is 5.14. The van der Waals surface area contributed by atoms with Crippen LogP contribution in [-0.4, -0.2) is 65.3 Å². The first-order chi connectivity index (χ1) is 17.5. The van der Waals surface area contributed by atoms with Crippen LogP contribution >= 0.6 is 0 Å². The van der Waals surface area contributed by atoms with Crippen LogP contribution in [0.25, 0.3) is 0 Å². The Morgan fingerprint density at radius 2 is 1.73 bits per heavy atom. The van der Waals surface area contributed by atoms with Gasteiger partial charge in [-0.15, -0.1) is 0 Å². The molecule has 0 bridgehead atoms. The van der Waals surface area contributed by atoms with Gasteiger partial charge < -0.3 is 19.5 Å². The number of carbonyl (C=O) groups excluding carboxylic acids is 1. The van der Waals surface area contributed by atoms with Crippen molar-refractivity contribution in [2.45, 2.75) is 77.5 Å². The van der Waals surface area contributed by atoms with Gasteiger partial charge in [-0.25, -0.2) is 4.79 Å². The average Bonchev–Trinajstić information content (AvgIpc) is 2.82. The van der Waals surface area contributed by atoms with Gasteiger partial charge in [-0.2, -0.15) is 0 Å². The van der Waals surface area contributed by atoms with Gasteiger partial charge in [-0.1, -0.05) is 56.2 Å². The molecule has 3 rings (SSSR count). The number of ether oxygens (including phenoxy) is 2. The third kappa shape index (κ3) is 6.63. The number of likely N-dealkylation sites (tertiary alicyclic amines) is 1. The van der Waals surface area contributed by atoms with Crippen molar-refractivity contribution in [3.63, 3.8) is 0 Å². The third-order valence-electron chi connectivity index (χ3n) is 7.08. The number of carbonyl (C=O) groups is 2. The molecule has 2 aromatic rings. The van der Waals surface area contributed by atoms with Crippen LogP contribution in [0.2, 0.25) is 0 Å². The highest BCUT2D eigenvalue weighted by molar-refractivity contribution is 5.87. The van der Waals surface area contributed by atoms with Crippen LogP contribution in [0.1, 0.15) is 63.6 Å². The van der Waals surface area contributed by atoms with Gasteiger partial charge in [0.25, 0.3) is 0 Å². The standard InChI is InChI=1S/C30H42N2O5/c1-7-8-11-18-37-30(25-13-10-9-12-22(25)2)20-31(21-30)27(33)26(32(28(34)35)29(3,4)5)19-23-14-16-24(36-6)17-15-23/h9-10,12-17,26H,7-8,11,18-21H2,1-6H3,(H,34,35)/t26-/m1/s1. The molecule has 1 heterocycles. The van der Waals surface area contributed by atoms with E-state index in [0.717, 1.165) is 36.0 Å². The van der Waals surface area contributed by atoms with Gasteiger partial charge in [0.1, 0.15) is 17.4 Å². The van der Waals surface area contributed by atoms with E-state index < -0.39 is 23.3 Å². The summed E-state index contributed by atoms with van der Waals surface area (Å²) in [5.41, 5.74) is 1.76. The topological polar surface area (TPSA) is 79.3 Å². The largest absolute Gasteiger partial charge is 0.497 e. The van der Waals surface area contributed by atoms with Crippen molar-refractivity contribution in [2.75, 3.05) is 26.8 Å². The number of hydrogen-bond donors (Lipinski definition) is 1. The number of unbranched alkanes of at least 4 members (excludes halogenated alkanes) is 2. The van der Waals surface area contributed by atoms with Crippen molar-refractivity contribution in [1.82, 2.24) is 9.80 Å². The number of amides is 2. The maximum absolute atomic E-state index is 14.0. The molecule has 0 unspecified atom stereocenters. The fourth-order valence-corrected chi connectivity index (χ4v) is 5.14. The lowest BCUT2D eigenvalue weighted by Crippen LogP contribution is -2.67. The summed E-state index contributed by atoms with van der Waals surface area (Å²) >= 11 is 0. The number of rotatable bonds is 11. The van der Waals surface area contributed by atoms with Gasteiger partial charge in [0.2, 0.25) is 5.91 Å². The summed E-state index contributed by atoms with van der Waals surface area (Å²) in [7, 11) is 1.60. The van der Waals surface area contributed by atoms with E-state index in [4.69, 9.17) is 9.47 Å². The van der Waals surface area contributed by atoms with Crippen molar-refractivity contribution in [3.8, 4) is 5.75 Å². The molecule has 37 heavy (non-hydrogen) atoms. The number of methoxy groups -OCH3 is 1. The Bertz CT molecular complexity index is 1050. The SMILES string of the molecule is CCCCCOC1(c2ccccc2C)CN(C(=O)[C@@H](Cc2ccc(OC)cc2)N(C(=O)O)C(C)(C)C)C1. The molecule has 202 valence electrons. The minimum atomic E-state index is -1.11. The number of benzene rings is 2. The molecule has 1 saturated heterocycles. The van der Waals surface area contributed by atoms with Crippen molar-refractivity contribution in [2.24, 2.45) is 0 Å². The van der Waals surface area contributed by atoms with Gasteiger partial charge in [-0.05, 0) is 62.9 Å². The Hall–Kier alpha value is -3.06. The molecule has 1 N–H and O–H groups in total. The Morgan fingerprint density at radius 3 is 2.27 bits per heavy atom. The van der Waals surface area contributed by atoms with Gasteiger partial charge in [0.15, 0.2) is 0 Å². The van der Waals surface area contributed by atoms with E-state index in [1.54, 1.807) is 12.0 Å². The van der Waals surface area contributed by atoms with Gasteiger partial charge in [0.05, 0.1) is 20.2 Å². The van der Waals surface area contributed by atoms with Crippen LogP contribution in [0.3, 0.4) is 0 Å². The molecule has 1 aliphatic rings. The average molecular weight is 511 g/mol. The molecule has 0 aliphatic carbocycles. The molecular weight excluding hydrogens is 468 g/mol. The zero-order chi connectivity index (χ0) is 27.2. The smallest absolute Gasteiger partial charge is 0.408 e.